The van der Waals surface area contributed by atoms with Crippen LogP contribution in [0.1, 0.15) is 17.1 Å². The van der Waals surface area contributed by atoms with E-state index in [1.54, 1.807) is 0 Å². The third kappa shape index (κ3) is 3.43. The van der Waals surface area contributed by atoms with Crippen molar-refractivity contribution < 1.29 is 26.1 Å². The molecule has 11 heteroatoms. The number of alkyl halides is 3. The smallest absolute Gasteiger partial charge is 0.360 e. The van der Waals surface area contributed by atoms with Gasteiger partial charge in [0.2, 0.25) is 0 Å². The van der Waals surface area contributed by atoms with Gasteiger partial charge in [0.15, 0.2) is 16.3 Å². The van der Waals surface area contributed by atoms with Crippen LogP contribution in [0.15, 0.2) is 45.9 Å². The van der Waals surface area contributed by atoms with Gasteiger partial charge in [-0.2, -0.15) is 18.3 Å². The number of aromatic nitrogens is 3. The van der Waals surface area contributed by atoms with Crippen LogP contribution in [0.3, 0.4) is 0 Å². The summed E-state index contributed by atoms with van der Waals surface area (Å²) in [6.07, 6.45) is -3.36. The summed E-state index contributed by atoms with van der Waals surface area (Å²) in [5, 5.41) is 7.05. The van der Waals surface area contributed by atoms with Gasteiger partial charge in [-0.1, -0.05) is 5.16 Å². The van der Waals surface area contributed by atoms with Crippen LogP contribution < -0.4 is 4.72 Å². The van der Waals surface area contributed by atoms with Gasteiger partial charge in [-0.15, -0.1) is 0 Å². The van der Waals surface area contributed by atoms with Gasteiger partial charge in [0.1, 0.15) is 5.69 Å². The van der Waals surface area contributed by atoms with E-state index < -0.39 is 21.9 Å². The minimum atomic E-state index is -4.53. The first-order valence-corrected chi connectivity index (χ1v) is 8.75. The van der Waals surface area contributed by atoms with Crippen LogP contribution in [0.25, 0.3) is 5.69 Å². The zero-order valence-electron chi connectivity index (χ0n) is 13.6. The molecule has 0 saturated heterocycles. The molecule has 0 atom stereocenters. The van der Waals surface area contributed by atoms with Crippen molar-refractivity contribution in [2.45, 2.75) is 24.9 Å². The van der Waals surface area contributed by atoms with Crippen molar-refractivity contribution in [3.63, 3.8) is 0 Å². The van der Waals surface area contributed by atoms with Crippen LogP contribution in [-0.2, 0) is 16.2 Å². The van der Waals surface area contributed by atoms with Gasteiger partial charge in [0.25, 0.3) is 10.0 Å². The van der Waals surface area contributed by atoms with Crippen molar-refractivity contribution in [1.82, 2.24) is 14.9 Å². The number of rotatable bonds is 4. The Morgan fingerprint density at radius 1 is 1.12 bits per heavy atom. The molecular formula is C15H13F3N4O3S. The zero-order valence-corrected chi connectivity index (χ0v) is 14.4. The Morgan fingerprint density at radius 3 is 2.27 bits per heavy atom. The molecule has 0 unspecified atom stereocenters. The van der Waals surface area contributed by atoms with E-state index in [9.17, 15) is 21.6 Å². The highest BCUT2D eigenvalue weighted by atomic mass is 32.2. The first kappa shape index (κ1) is 18.0. The molecule has 7 nitrogen and oxygen atoms in total. The first-order valence-electron chi connectivity index (χ1n) is 7.27. The highest BCUT2D eigenvalue weighted by Gasteiger charge is 2.33. The number of halogens is 3. The van der Waals surface area contributed by atoms with Crippen LogP contribution in [0.2, 0.25) is 0 Å². The quantitative estimate of drug-likeness (QED) is 0.743. The fraction of sp³-hybridized carbons (Fsp3) is 0.200. The summed E-state index contributed by atoms with van der Waals surface area (Å²) in [7, 11) is -3.90. The first-order chi connectivity index (χ1) is 12.1. The SMILES string of the molecule is Cc1noc(C)c1S(=O)(=O)Nc1ccc(-n2ccc(C(F)(F)F)n2)cc1. The molecule has 138 valence electrons. The number of benzene rings is 1. The zero-order chi connectivity index (χ0) is 19.1. The van der Waals surface area contributed by atoms with Gasteiger partial charge < -0.3 is 4.52 Å². The van der Waals surface area contributed by atoms with E-state index >= 15 is 0 Å². The molecule has 1 aromatic carbocycles. The lowest BCUT2D eigenvalue weighted by Gasteiger charge is -2.09. The fourth-order valence-corrected chi connectivity index (χ4v) is 3.76. The van der Waals surface area contributed by atoms with Crippen LogP contribution in [0.5, 0.6) is 0 Å². The summed E-state index contributed by atoms with van der Waals surface area (Å²) >= 11 is 0. The number of nitrogens with one attached hydrogen (secondary N) is 1. The minimum Gasteiger partial charge on any atom is -0.360 e. The summed E-state index contributed by atoms with van der Waals surface area (Å²) in [5.74, 6) is 0.155. The number of aryl methyl sites for hydroxylation is 2. The summed E-state index contributed by atoms with van der Waals surface area (Å²) in [5.41, 5.74) is -0.207. The standard InChI is InChI=1S/C15H13F3N4O3S/c1-9-14(10(2)25-20-9)26(23,24)21-11-3-5-12(6-4-11)22-8-7-13(19-22)15(16,17)18/h3-8,21H,1-2H3. The van der Waals surface area contributed by atoms with Crippen molar-refractivity contribution in [2.24, 2.45) is 0 Å². The predicted octanol–water partition coefficient (Wildman–Crippen LogP) is 3.30. The minimum absolute atomic E-state index is 0.0523. The van der Waals surface area contributed by atoms with E-state index in [0.717, 1.165) is 10.7 Å². The van der Waals surface area contributed by atoms with Crippen LogP contribution >= 0.6 is 0 Å². The van der Waals surface area contributed by atoms with Crippen molar-refractivity contribution >= 4 is 15.7 Å². The summed E-state index contributed by atoms with van der Waals surface area (Å²) in [6, 6.07) is 6.57. The lowest BCUT2D eigenvalue weighted by Crippen LogP contribution is -2.14. The average molecular weight is 386 g/mol. The van der Waals surface area contributed by atoms with Gasteiger partial charge in [0.05, 0.1) is 5.69 Å². The maximum atomic E-state index is 12.6. The van der Waals surface area contributed by atoms with Gasteiger partial charge >= 0.3 is 6.18 Å². The van der Waals surface area contributed by atoms with E-state index in [-0.39, 0.29) is 22.0 Å². The Kier molecular flexibility index (Phi) is 4.26. The lowest BCUT2D eigenvalue weighted by atomic mass is 10.3. The topological polar surface area (TPSA) is 90.0 Å². The van der Waals surface area contributed by atoms with Crippen molar-refractivity contribution in [1.29, 1.82) is 0 Å². The van der Waals surface area contributed by atoms with Gasteiger partial charge in [-0.05, 0) is 44.2 Å². The third-order valence-electron chi connectivity index (χ3n) is 3.50. The van der Waals surface area contributed by atoms with E-state index in [1.165, 1.54) is 44.3 Å². The fourth-order valence-electron chi connectivity index (χ4n) is 2.37. The Labute approximate surface area is 146 Å². The molecule has 0 amide bonds. The van der Waals surface area contributed by atoms with E-state index in [2.05, 4.69) is 15.0 Å². The molecule has 0 aliphatic rings. The molecule has 3 aromatic rings. The molecule has 2 heterocycles. The van der Waals surface area contributed by atoms with Crippen LogP contribution in [-0.4, -0.2) is 23.4 Å². The monoisotopic (exact) mass is 386 g/mol. The Hall–Kier alpha value is -2.82. The van der Waals surface area contributed by atoms with Crippen LogP contribution in [0.4, 0.5) is 18.9 Å². The average Bonchev–Trinajstić information content (AvgIpc) is 3.15. The second-order valence-electron chi connectivity index (χ2n) is 5.45. The normalized spacial score (nSPS) is 12.3. The van der Waals surface area contributed by atoms with Gasteiger partial charge in [-0.3, -0.25) is 4.72 Å². The van der Waals surface area contributed by atoms with Crippen molar-refractivity contribution in [3.05, 3.63) is 53.7 Å². The number of hydrogen-bond acceptors (Lipinski definition) is 5. The molecule has 0 radical (unpaired) electrons. The Morgan fingerprint density at radius 2 is 1.77 bits per heavy atom. The molecule has 0 saturated carbocycles. The highest BCUT2D eigenvalue weighted by Crippen LogP contribution is 2.28. The molecule has 0 fully saturated rings. The summed E-state index contributed by atoms with van der Waals surface area (Å²) < 4.78 is 70.9. The van der Waals surface area contributed by atoms with E-state index in [0.29, 0.717) is 5.69 Å². The van der Waals surface area contributed by atoms with Crippen LogP contribution in [0, 0.1) is 13.8 Å². The Bertz CT molecular complexity index is 1020. The Balaban J connectivity index is 1.83. The predicted molar refractivity (Wildman–Crippen MR) is 85.4 cm³/mol. The van der Waals surface area contributed by atoms with Gasteiger partial charge in [0, 0.05) is 11.9 Å². The lowest BCUT2D eigenvalue weighted by molar-refractivity contribution is -0.141. The summed E-state index contributed by atoms with van der Waals surface area (Å²) in [6.45, 7) is 2.98. The largest absolute Gasteiger partial charge is 0.435 e. The molecule has 0 spiro atoms. The molecule has 1 N–H and O–H groups in total. The molecule has 0 bridgehead atoms. The molecule has 2 aromatic heterocycles. The second-order valence-corrected chi connectivity index (χ2v) is 7.07. The van der Waals surface area contributed by atoms with Crippen molar-refractivity contribution in [2.75, 3.05) is 4.72 Å². The number of sulfonamides is 1. The van der Waals surface area contributed by atoms with E-state index in [1.807, 2.05) is 0 Å². The molecule has 0 aliphatic heterocycles. The maximum Gasteiger partial charge on any atom is 0.435 e. The summed E-state index contributed by atoms with van der Waals surface area (Å²) in [4.78, 5) is -0.0523. The highest BCUT2D eigenvalue weighted by molar-refractivity contribution is 7.92. The van der Waals surface area contributed by atoms with Crippen molar-refractivity contribution in [3.8, 4) is 5.69 Å². The van der Waals surface area contributed by atoms with E-state index in [4.69, 9.17) is 4.52 Å². The third-order valence-corrected chi connectivity index (χ3v) is 5.12. The number of hydrogen-bond donors (Lipinski definition) is 1. The number of anilines is 1. The molecule has 3 rings (SSSR count). The maximum absolute atomic E-state index is 12.6. The molecular weight excluding hydrogens is 373 g/mol. The molecule has 0 aliphatic carbocycles. The van der Waals surface area contributed by atoms with Gasteiger partial charge in [-0.25, -0.2) is 13.1 Å². The second kappa shape index (κ2) is 6.16. The molecule has 26 heavy (non-hydrogen) atoms. The number of nitrogens with zero attached hydrogens (tertiary/aromatic N) is 3.